The van der Waals surface area contributed by atoms with Crippen LogP contribution in [0.4, 0.5) is 0 Å². The first kappa shape index (κ1) is 23.0. The van der Waals surface area contributed by atoms with Crippen LogP contribution in [0.25, 0.3) is 0 Å². The van der Waals surface area contributed by atoms with Gasteiger partial charge in [0.05, 0.1) is 0 Å². The van der Waals surface area contributed by atoms with E-state index in [0.717, 1.165) is 19.3 Å². The van der Waals surface area contributed by atoms with Crippen LogP contribution in [0.3, 0.4) is 0 Å². The van der Waals surface area contributed by atoms with Gasteiger partial charge in [-0.3, -0.25) is 0 Å². The molecule has 26 heavy (non-hydrogen) atoms. The molecule has 0 radical (unpaired) electrons. The molecule has 4 nitrogen and oxygen atoms in total. The van der Waals surface area contributed by atoms with E-state index in [2.05, 4.69) is 20.8 Å². The Labute approximate surface area is 162 Å². The molecule has 0 amide bonds. The van der Waals surface area contributed by atoms with Gasteiger partial charge in [-0.25, -0.2) is 0 Å². The summed E-state index contributed by atoms with van der Waals surface area (Å²) in [6.07, 6.45) is 7.02. The summed E-state index contributed by atoms with van der Waals surface area (Å²) in [5.41, 5.74) is 0.599. The van der Waals surface area contributed by atoms with Gasteiger partial charge in [0.1, 0.15) is 0 Å². The van der Waals surface area contributed by atoms with Crippen molar-refractivity contribution in [2.45, 2.75) is 72.6 Å². The monoisotopic (exact) mass is 470 g/mol. The Balaban J connectivity index is 3.50. The van der Waals surface area contributed by atoms with Crippen LogP contribution in [0.5, 0.6) is 0 Å². The normalized spacial score (nSPS) is 11.4. The number of hydrogen-bond acceptors (Lipinski definition) is 3. The maximum atomic E-state index is 12.1. The van der Waals surface area contributed by atoms with Gasteiger partial charge in [-0.05, 0) is 0 Å². The molecule has 0 fully saturated rings. The Kier molecular flexibility index (Phi) is 10.3. The first-order valence-electron chi connectivity index (χ1n) is 9.91. The first-order valence-corrected chi connectivity index (χ1v) is 17.4. The molecular formula is C21H34O4Sn. The Morgan fingerprint density at radius 1 is 0.885 bits per heavy atom. The first-order chi connectivity index (χ1) is 12.4. The second kappa shape index (κ2) is 11.6. The number of hydrogen-bond donors (Lipinski definition) is 1. The van der Waals surface area contributed by atoms with E-state index in [9.17, 15) is 14.7 Å². The standard InChI is InChI=1S/C9H7O4.3C4H9.Sn/c1-13-9(12)7-4-2-3-6(5-7)8(10)11;3*1-3-4-2;/h3-5H,1H3,(H,10,11);3*1,3-4H2,2H3;. The molecule has 0 saturated carbocycles. The minimum absolute atomic E-state index is 0.216. The molecular weight excluding hydrogens is 435 g/mol. The van der Waals surface area contributed by atoms with Gasteiger partial charge in [0.25, 0.3) is 0 Å². The number of carbonyl (C=O) groups excluding carboxylic acids is 1. The van der Waals surface area contributed by atoms with E-state index < -0.39 is 30.3 Å². The molecule has 0 heterocycles. The third-order valence-electron chi connectivity index (χ3n) is 5.24. The zero-order chi connectivity index (χ0) is 19.6. The zero-order valence-electron chi connectivity index (χ0n) is 16.8. The number of ether oxygens (including phenoxy) is 1. The summed E-state index contributed by atoms with van der Waals surface area (Å²) in [7, 11) is 1.34. The van der Waals surface area contributed by atoms with E-state index in [1.807, 2.05) is 12.1 Å². The molecule has 1 aromatic rings. The molecule has 1 aromatic carbocycles. The van der Waals surface area contributed by atoms with Crippen LogP contribution in [0.2, 0.25) is 13.3 Å². The Morgan fingerprint density at radius 2 is 1.35 bits per heavy atom. The van der Waals surface area contributed by atoms with Crippen LogP contribution in [0, 0.1) is 0 Å². The Bertz CT molecular complexity index is 576. The minimum atomic E-state index is -2.79. The molecule has 0 aliphatic carbocycles. The molecule has 0 spiro atoms. The topological polar surface area (TPSA) is 63.6 Å². The van der Waals surface area contributed by atoms with Crippen molar-refractivity contribution in [3.8, 4) is 0 Å². The van der Waals surface area contributed by atoms with Crippen LogP contribution in [-0.2, 0) is 4.74 Å². The molecule has 1 N–H and O–H groups in total. The molecule has 0 aliphatic rings. The van der Waals surface area contributed by atoms with Crippen molar-refractivity contribution in [1.82, 2.24) is 0 Å². The molecule has 146 valence electrons. The number of esters is 1. The molecule has 0 saturated heterocycles. The third kappa shape index (κ3) is 6.29. The summed E-state index contributed by atoms with van der Waals surface area (Å²) in [5.74, 6) is -1.42. The van der Waals surface area contributed by atoms with Gasteiger partial charge in [-0.2, -0.15) is 0 Å². The fraction of sp³-hybridized carbons (Fsp3) is 0.619. The molecule has 0 bridgehead atoms. The van der Waals surface area contributed by atoms with Crippen molar-refractivity contribution in [2.24, 2.45) is 0 Å². The second-order valence-electron chi connectivity index (χ2n) is 7.19. The van der Waals surface area contributed by atoms with Crippen molar-refractivity contribution in [1.29, 1.82) is 0 Å². The van der Waals surface area contributed by atoms with E-state index in [1.165, 1.54) is 49.3 Å². The number of benzene rings is 1. The van der Waals surface area contributed by atoms with E-state index in [-0.39, 0.29) is 5.56 Å². The number of unbranched alkanes of at least 4 members (excludes halogenated alkanes) is 3. The predicted octanol–water partition coefficient (Wildman–Crippen LogP) is 5.23. The van der Waals surface area contributed by atoms with Crippen molar-refractivity contribution >= 4 is 33.9 Å². The van der Waals surface area contributed by atoms with Crippen LogP contribution in [-0.4, -0.2) is 42.5 Å². The quantitative estimate of drug-likeness (QED) is 0.337. The third-order valence-corrected chi connectivity index (χ3v) is 20.8. The number of aromatic carboxylic acids is 1. The van der Waals surface area contributed by atoms with Gasteiger partial charge in [0.2, 0.25) is 0 Å². The molecule has 0 aromatic heterocycles. The SMILES string of the molecule is CCC[CH2][Sn]([CH2]CCC)([CH2]CCC)[c]1cc(C(=O)O)cc(C(=O)OC)c1. The molecule has 0 unspecified atom stereocenters. The van der Waals surface area contributed by atoms with Gasteiger partial charge < -0.3 is 0 Å². The summed E-state index contributed by atoms with van der Waals surface area (Å²) in [6.45, 7) is 6.64. The number of methoxy groups -OCH3 is 1. The zero-order valence-corrected chi connectivity index (χ0v) is 19.6. The number of rotatable bonds is 12. The molecule has 1 rings (SSSR count). The van der Waals surface area contributed by atoms with E-state index in [1.54, 1.807) is 0 Å². The maximum absolute atomic E-state index is 12.1. The Morgan fingerprint density at radius 3 is 1.73 bits per heavy atom. The molecule has 5 heteroatoms. The fourth-order valence-electron chi connectivity index (χ4n) is 3.65. The number of carboxylic acids is 1. The van der Waals surface area contributed by atoms with Crippen LogP contribution >= 0.6 is 0 Å². The summed E-state index contributed by atoms with van der Waals surface area (Å²) in [4.78, 5) is 23.8. The van der Waals surface area contributed by atoms with Gasteiger partial charge in [-0.1, -0.05) is 0 Å². The van der Waals surface area contributed by atoms with E-state index in [4.69, 9.17) is 4.74 Å². The summed E-state index contributed by atoms with van der Waals surface area (Å²) >= 11 is -2.79. The van der Waals surface area contributed by atoms with Crippen molar-refractivity contribution < 1.29 is 19.4 Å². The summed E-state index contributed by atoms with van der Waals surface area (Å²) < 4.78 is 9.76. The number of carbonyl (C=O) groups is 2. The molecule has 0 aliphatic heterocycles. The fourth-order valence-corrected chi connectivity index (χ4v) is 19.7. The van der Waals surface area contributed by atoms with Crippen LogP contribution in [0.15, 0.2) is 18.2 Å². The van der Waals surface area contributed by atoms with E-state index in [0.29, 0.717) is 5.56 Å². The summed E-state index contributed by atoms with van der Waals surface area (Å²) in [6, 6.07) is 5.27. The van der Waals surface area contributed by atoms with Crippen LogP contribution < -0.4 is 3.58 Å². The van der Waals surface area contributed by atoms with Gasteiger partial charge in [-0.15, -0.1) is 0 Å². The van der Waals surface area contributed by atoms with Crippen molar-refractivity contribution in [2.75, 3.05) is 7.11 Å². The van der Waals surface area contributed by atoms with Crippen LogP contribution in [0.1, 0.15) is 80.0 Å². The average molecular weight is 469 g/mol. The van der Waals surface area contributed by atoms with Crippen molar-refractivity contribution in [3.63, 3.8) is 0 Å². The molecule has 0 atom stereocenters. The predicted molar refractivity (Wildman–Crippen MR) is 109 cm³/mol. The number of carboxylic acid groups (broad SMARTS) is 1. The Hall–Kier alpha value is -1.04. The van der Waals surface area contributed by atoms with E-state index >= 15 is 0 Å². The van der Waals surface area contributed by atoms with Crippen molar-refractivity contribution in [3.05, 3.63) is 29.3 Å². The van der Waals surface area contributed by atoms with Gasteiger partial charge >= 0.3 is 162 Å². The van der Waals surface area contributed by atoms with Gasteiger partial charge in [0, 0.05) is 0 Å². The van der Waals surface area contributed by atoms with Gasteiger partial charge in [0.15, 0.2) is 0 Å². The second-order valence-corrected chi connectivity index (χ2v) is 20.4. The average Bonchev–Trinajstić information content (AvgIpc) is 2.66. The summed E-state index contributed by atoms with van der Waals surface area (Å²) in [5, 5.41) is 9.55.